The Balaban J connectivity index is 1.20. The van der Waals surface area contributed by atoms with E-state index in [1.807, 2.05) is 78.9 Å². The number of hydrogen-bond acceptors (Lipinski definition) is 6. The molecule has 2 N–H and O–H groups in total. The van der Waals surface area contributed by atoms with Crippen LogP contribution in [0.25, 0.3) is 0 Å². The number of sulfonamides is 1. The lowest BCUT2D eigenvalue weighted by atomic mass is 10.0. The minimum Gasteiger partial charge on any atom is -0.454 e. The van der Waals surface area contributed by atoms with Gasteiger partial charge in [0.2, 0.25) is 28.6 Å². The largest absolute Gasteiger partial charge is 0.454 e. The van der Waals surface area contributed by atoms with Crippen LogP contribution < -0.4 is 19.5 Å². The molecule has 0 spiro atoms. The molecule has 2 aliphatic rings. The van der Waals surface area contributed by atoms with Gasteiger partial charge in [0.05, 0.1) is 4.90 Å². The zero-order valence-electron chi connectivity index (χ0n) is 25.4. The van der Waals surface area contributed by atoms with Crippen LogP contribution in [-0.2, 0) is 45.5 Å². The number of carbonyl (C=O) groups excluding carboxylic acids is 2. The molecular formula is C36H37N3O6S. The van der Waals surface area contributed by atoms with Crippen LogP contribution in [0.5, 0.6) is 11.5 Å². The van der Waals surface area contributed by atoms with Gasteiger partial charge in [-0.25, -0.2) is 13.1 Å². The zero-order valence-corrected chi connectivity index (χ0v) is 26.2. The molecular weight excluding hydrogens is 602 g/mol. The lowest BCUT2D eigenvalue weighted by Crippen LogP contribution is -2.50. The molecule has 0 radical (unpaired) electrons. The molecule has 9 nitrogen and oxygen atoms in total. The Bertz CT molecular complexity index is 1760. The number of nitrogens with zero attached hydrogens (tertiary/aromatic N) is 1. The summed E-state index contributed by atoms with van der Waals surface area (Å²) in [5, 5.41) is 3.05. The zero-order chi connectivity index (χ0) is 31.9. The number of rotatable bonds is 14. The van der Waals surface area contributed by atoms with Gasteiger partial charge in [0.25, 0.3) is 0 Å². The Morgan fingerprint density at radius 2 is 1.43 bits per heavy atom. The number of aryl methyl sites for hydroxylation is 1. The van der Waals surface area contributed by atoms with Crippen LogP contribution in [0.2, 0.25) is 0 Å². The van der Waals surface area contributed by atoms with Crippen molar-refractivity contribution < 1.29 is 27.5 Å². The fourth-order valence-corrected chi connectivity index (χ4v) is 6.72. The van der Waals surface area contributed by atoms with Crippen molar-refractivity contribution in [1.82, 2.24) is 14.9 Å². The number of benzene rings is 4. The van der Waals surface area contributed by atoms with Crippen LogP contribution in [0.1, 0.15) is 41.5 Å². The second kappa shape index (κ2) is 14.2. The standard InChI is InChI=1S/C36H37N3O6S/c40-35(20-14-26-11-17-31(18-12-26)46(42,43)38-30-15-16-30)39(24-28-9-5-2-6-10-28)32(21-27-7-3-1-4-8-27)36(41)37-23-29-13-19-33-34(22-29)45-25-44-33/h1-13,17-19,22,30,32,38H,14-16,20-21,23-25H2,(H,37,41)/t32-/m0/s1. The highest BCUT2D eigenvalue weighted by Crippen LogP contribution is 2.32. The summed E-state index contributed by atoms with van der Waals surface area (Å²) in [6, 6.07) is 30.8. The predicted octanol–water partition coefficient (Wildman–Crippen LogP) is 4.75. The molecule has 0 aromatic heterocycles. The van der Waals surface area contributed by atoms with Gasteiger partial charge in [-0.15, -0.1) is 0 Å². The molecule has 46 heavy (non-hydrogen) atoms. The number of carbonyl (C=O) groups is 2. The number of fused-ring (bicyclic) bond motifs is 1. The average molecular weight is 640 g/mol. The molecule has 1 heterocycles. The van der Waals surface area contributed by atoms with Crippen molar-refractivity contribution in [3.05, 3.63) is 125 Å². The summed E-state index contributed by atoms with van der Waals surface area (Å²) < 4.78 is 38.8. The Hall–Kier alpha value is -4.67. The second-order valence-electron chi connectivity index (χ2n) is 11.7. The highest BCUT2D eigenvalue weighted by atomic mass is 32.2. The fourth-order valence-electron chi connectivity index (χ4n) is 5.41. The SMILES string of the molecule is O=C(NCc1ccc2c(c1)OCO2)[C@H](Cc1ccccc1)N(Cc1ccccc1)C(=O)CCc1ccc(S(=O)(=O)NC2CC2)cc1. The van der Waals surface area contributed by atoms with Crippen molar-refractivity contribution in [1.29, 1.82) is 0 Å². The third-order valence-electron chi connectivity index (χ3n) is 8.13. The maximum Gasteiger partial charge on any atom is 0.243 e. The van der Waals surface area contributed by atoms with Gasteiger partial charge in [-0.05, 0) is 65.8 Å². The van der Waals surface area contributed by atoms with Crippen LogP contribution in [0.3, 0.4) is 0 Å². The van der Waals surface area contributed by atoms with Gasteiger partial charge in [0.1, 0.15) is 6.04 Å². The smallest absolute Gasteiger partial charge is 0.243 e. The van der Waals surface area contributed by atoms with Gasteiger partial charge in [0, 0.05) is 32.0 Å². The molecule has 0 saturated heterocycles. The van der Waals surface area contributed by atoms with Crippen LogP contribution in [0, 0.1) is 0 Å². The maximum absolute atomic E-state index is 14.0. The van der Waals surface area contributed by atoms with E-state index in [4.69, 9.17) is 9.47 Å². The van der Waals surface area contributed by atoms with E-state index in [-0.39, 0.29) is 49.1 Å². The number of hydrogen-bond donors (Lipinski definition) is 2. The molecule has 1 aliphatic carbocycles. The molecule has 1 saturated carbocycles. The Morgan fingerprint density at radius 3 is 2.13 bits per heavy atom. The second-order valence-corrected chi connectivity index (χ2v) is 13.4. The summed E-state index contributed by atoms with van der Waals surface area (Å²) in [6.45, 7) is 0.694. The molecule has 10 heteroatoms. The minimum atomic E-state index is -3.56. The predicted molar refractivity (Wildman–Crippen MR) is 173 cm³/mol. The summed E-state index contributed by atoms with van der Waals surface area (Å²) in [5.74, 6) is 0.875. The van der Waals surface area contributed by atoms with Crippen molar-refractivity contribution in [3.63, 3.8) is 0 Å². The molecule has 1 fully saturated rings. The summed E-state index contributed by atoms with van der Waals surface area (Å²) >= 11 is 0. The van der Waals surface area contributed by atoms with Crippen LogP contribution in [0.15, 0.2) is 108 Å². The molecule has 6 rings (SSSR count). The van der Waals surface area contributed by atoms with Crippen LogP contribution in [0.4, 0.5) is 0 Å². The number of nitrogens with one attached hydrogen (secondary N) is 2. The van der Waals surface area contributed by atoms with Gasteiger partial charge < -0.3 is 19.7 Å². The summed E-state index contributed by atoms with van der Waals surface area (Å²) in [6.07, 6.45) is 2.62. The fraction of sp³-hybridized carbons (Fsp3) is 0.278. The van der Waals surface area contributed by atoms with Crippen molar-refractivity contribution in [2.75, 3.05) is 6.79 Å². The van der Waals surface area contributed by atoms with Gasteiger partial charge in [-0.1, -0.05) is 78.9 Å². The Labute approximate surface area is 269 Å². The van der Waals surface area contributed by atoms with Gasteiger partial charge >= 0.3 is 0 Å². The summed E-state index contributed by atoms with van der Waals surface area (Å²) in [5.41, 5.74) is 3.54. The Kier molecular flexibility index (Phi) is 9.65. The first-order chi connectivity index (χ1) is 22.3. The molecule has 0 bridgehead atoms. The lowest BCUT2D eigenvalue weighted by Gasteiger charge is -2.31. The van der Waals surface area contributed by atoms with Gasteiger partial charge in [-0.3, -0.25) is 9.59 Å². The topological polar surface area (TPSA) is 114 Å². The first kappa shape index (κ1) is 31.3. The molecule has 2 amide bonds. The van der Waals surface area contributed by atoms with E-state index in [0.717, 1.165) is 35.1 Å². The van der Waals surface area contributed by atoms with Crippen molar-refractivity contribution in [3.8, 4) is 11.5 Å². The van der Waals surface area contributed by atoms with E-state index in [1.54, 1.807) is 29.2 Å². The first-order valence-corrected chi connectivity index (χ1v) is 17.0. The summed E-state index contributed by atoms with van der Waals surface area (Å²) in [7, 11) is -3.56. The Morgan fingerprint density at radius 1 is 0.783 bits per heavy atom. The third kappa shape index (κ3) is 8.13. The van der Waals surface area contributed by atoms with E-state index in [9.17, 15) is 18.0 Å². The van der Waals surface area contributed by atoms with E-state index < -0.39 is 16.1 Å². The third-order valence-corrected chi connectivity index (χ3v) is 9.67. The maximum atomic E-state index is 14.0. The molecule has 238 valence electrons. The molecule has 0 unspecified atom stereocenters. The molecule has 4 aromatic rings. The lowest BCUT2D eigenvalue weighted by molar-refractivity contribution is -0.141. The monoisotopic (exact) mass is 639 g/mol. The van der Waals surface area contributed by atoms with Crippen LogP contribution in [-0.4, -0.2) is 44.0 Å². The highest BCUT2D eigenvalue weighted by molar-refractivity contribution is 7.89. The quantitative estimate of drug-likeness (QED) is 0.206. The number of ether oxygens (including phenoxy) is 2. The van der Waals surface area contributed by atoms with Crippen molar-refractivity contribution >= 4 is 21.8 Å². The number of amides is 2. The summed E-state index contributed by atoms with van der Waals surface area (Å²) in [4.78, 5) is 29.8. The van der Waals surface area contributed by atoms with E-state index in [1.165, 1.54) is 0 Å². The first-order valence-electron chi connectivity index (χ1n) is 15.5. The van der Waals surface area contributed by atoms with Crippen molar-refractivity contribution in [2.45, 2.75) is 62.2 Å². The van der Waals surface area contributed by atoms with Gasteiger partial charge in [-0.2, -0.15) is 0 Å². The van der Waals surface area contributed by atoms with Crippen LogP contribution >= 0.6 is 0 Å². The molecule has 4 aromatic carbocycles. The normalized spacial score (nSPS) is 14.4. The van der Waals surface area contributed by atoms with Crippen molar-refractivity contribution in [2.24, 2.45) is 0 Å². The van der Waals surface area contributed by atoms with Gasteiger partial charge in [0.15, 0.2) is 11.5 Å². The molecule has 1 aliphatic heterocycles. The van der Waals surface area contributed by atoms with E-state index in [0.29, 0.717) is 24.3 Å². The average Bonchev–Trinajstić information content (AvgIpc) is 3.76. The van der Waals surface area contributed by atoms with E-state index >= 15 is 0 Å². The van der Waals surface area contributed by atoms with E-state index in [2.05, 4.69) is 10.0 Å². The minimum absolute atomic E-state index is 0.0240. The molecule has 1 atom stereocenters. The highest BCUT2D eigenvalue weighted by Gasteiger charge is 2.31.